The number of nitrogen functional groups attached to an aromatic ring is 1. The van der Waals surface area contributed by atoms with Crippen molar-refractivity contribution in [2.24, 2.45) is 0 Å². The topological polar surface area (TPSA) is 112 Å². The van der Waals surface area contributed by atoms with Crippen molar-refractivity contribution < 1.29 is 19.0 Å². The van der Waals surface area contributed by atoms with Gasteiger partial charge in [0.05, 0.1) is 19.8 Å². The summed E-state index contributed by atoms with van der Waals surface area (Å²) in [5.74, 6) is -0.0612. The van der Waals surface area contributed by atoms with Gasteiger partial charge in [-0.25, -0.2) is 9.78 Å². The minimum absolute atomic E-state index is 0.0277. The summed E-state index contributed by atoms with van der Waals surface area (Å²) >= 11 is 0. The first-order valence-electron chi connectivity index (χ1n) is 8.83. The monoisotopic (exact) mass is 368 g/mol. The van der Waals surface area contributed by atoms with Crippen LogP contribution >= 0.6 is 0 Å². The van der Waals surface area contributed by atoms with E-state index < -0.39 is 5.97 Å². The smallest absolute Gasteiger partial charge is 0.347 e. The number of nitrogens with zero attached hydrogens (tertiary/aromatic N) is 2. The SMILES string of the molecule is CCOC(=O)c1c(N)nc(-c2cccc3[nH]ccc23)nc1OC1CCOC1. The minimum Gasteiger partial charge on any atom is -0.471 e. The van der Waals surface area contributed by atoms with E-state index in [1.54, 1.807) is 6.92 Å². The Hall–Kier alpha value is -3.13. The molecule has 1 aliphatic rings. The van der Waals surface area contributed by atoms with Crippen molar-refractivity contribution >= 4 is 22.7 Å². The van der Waals surface area contributed by atoms with Crippen LogP contribution in [-0.4, -0.2) is 46.8 Å². The highest BCUT2D eigenvalue weighted by atomic mass is 16.6. The maximum atomic E-state index is 12.4. The van der Waals surface area contributed by atoms with Crippen LogP contribution in [0.2, 0.25) is 0 Å². The lowest BCUT2D eigenvalue weighted by Gasteiger charge is -2.16. The van der Waals surface area contributed by atoms with Gasteiger partial charge in [0, 0.05) is 29.1 Å². The molecule has 0 amide bonds. The number of carbonyl (C=O) groups excluding carboxylic acids is 1. The third-order valence-corrected chi connectivity index (χ3v) is 4.39. The van der Waals surface area contributed by atoms with Crippen LogP contribution in [0.25, 0.3) is 22.3 Å². The van der Waals surface area contributed by atoms with E-state index in [2.05, 4.69) is 15.0 Å². The van der Waals surface area contributed by atoms with E-state index in [-0.39, 0.29) is 30.0 Å². The molecule has 3 heterocycles. The van der Waals surface area contributed by atoms with Gasteiger partial charge in [-0.05, 0) is 19.1 Å². The van der Waals surface area contributed by atoms with Gasteiger partial charge in [0.25, 0.3) is 0 Å². The van der Waals surface area contributed by atoms with Crippen LogP contribution in [0.4, 0.5) is 5.82 Å². The Morgan fingerprint density at radius 1 is 1.37 bits per heavy atom. The van der Waals surface area contributed by atoms with E-state index in [1.807, 2.05) is 30.5 Å². The van der Waals surface area contributed by atoms with Crippen LogP contribution in [0.1, 0.15) is 23.7 Å². The molecule has 3 N–H and O–H groups in total. The molecule has 1 saturated heterocycles. The molecule has 1 aromatic carbocycles. The van der Waals surface area contributed by atoms with Crippen molar-refractivity contribution in [1.82, 2.24) is 15.0 Å². The largest absolute Gasteiger partial charge is 0.471 e. The molecule has 4 rings (SSSR count). The molecule has 27 heavy (non-hydrogen) atoms. The lowest BCUT2D eigenvalue weighted by Crippen LogP contribution is -2.21. The zero-order valence-electron chi connectivity index (χ0n) is 14.9. The number of anilines is 1. The Morgan fingerprint density at radius 3 is 3.04 bits per heavy atom. The zero-order chi connectivity index (χ0) is 18.8. The van der Waals surface area contributed by atoms with E-state index in [1.165, 1.54) is 0 Å². The molecule has 8 heteroatoms. The Bertz CT molecular complexity index is 979. The second kappa shape index (κ2) is 7.24. The highest BCUT2D eigenvalue weighted by Crippen LogP contribution is 2.31. The number of fused-ring (bicyclic) bond motifs is 1. The number of aromatic amines is 1. The number of carbonyl (C=O) groups is 1. The average Bonchev–Trinajstić information content (AvgIpc) is 3.32. The predicted molar refractivity (Wildman–Crippen MR) is 99.5 cm³/mol. The molecule has 3 aromatic rings. The Labute approximate surface area is 155 Å². The van der Waals surface area contributed by atoms with Crippen molar-refractivity contribution in [3.05, 3.63) is 36.0 Å². The molecule has 1 atom stereocenters. The summed E-state index contributed by atoms with van der Waals surface area (Å²) in [6, 6.07) is 7.70. The van der Waals surface area contributed by atoms with Gasteiger partial charge in [-0.1, -0.05) is 12.1 Å². The van der Waals surface area contributed by atoms with Gasteiger partial charge in [0.15, 0.2) is 11.4 Å². The molecule has 1 aliphatic heterocycles. The number of hydrogen-bond donors (Lipinski definition) is 2. The van der Waals surface area contributed by atoms with E-state index in [4.69, 9.17) is 19.9 Å². The van der Waals surface area contributed by atoms with Crippen LogP contribution in [0.3, 0.4) is 0 Å². The molecule has 140 valence electrons. The van der Waals surface area contributed by atoms with Gasteiger partial charge in [-0.3, -0.25) is 0 Å². The van der Waals surface area contributed by atoms with Gasteiger partial charge in [0.2, 0.25) is 5.88 Å². The zero-order valence-corrected chi connectivity index (χ0v) is 14.9. The summed E-state index contributed by atoms with van der Waals surface area (Å²) in [5.41, 5.74) is 7.91. The molecule has 1 fully saturated rings. The number of aromatic nitrogens is 3. The lowest BCUT2D eigenvalue weighted by atomic mass is 10.1. The minimum atomic E-state index is -0.602. The van der Waals surface area contributed by atoms with Crippen molar-refractivity contribution in [3.8, 4) is 17.3 Å². The third kappa shape index (κ3) is 3.31. The molecular weight excluding hydrogens is 348 g/mol. The molecule has 0 saturated carbocycles. The second-order valence-electron chi connectivity index (χ2n) is 6.18. The Balaban J connectivity index is 1.82. The third-order valence-electron chi connectivity index (χ3n) is 4.39. The fraction of sp³-hybridized carbons (Fsp3) is 0.316. The summed E-state index contributed by atoms with van der Waals surface area (Å²) < 4.78 is 16.4. The number of ether oxygens (including phenoxy) is 3. The first-order chi connectivity index (χ1) is 13.2. The molecule has 0 aliphatic carbocycles. The number of esters is 1. The number of nitrogens with one attached hydrogen (secondary N) is 1. The van der Waals surface area contributed by atoms with E-state index in [0.717, 1.165) is 22.9 Å². The van der Waals surface area contributed by atoms with Gasteiger partial charge in [-0.2, -0.15) is 4.98 Å². The Morgan fingerprint density at radius 2 is 2.26 bits per heavy atom. The number of rotatable bonds is 5. The van der Waals surface area contributed by atoms with E-state index in [0.29, 0.717) is 19.0 Å². The normalized spacial score (nSPS) is 16.6. The van der Waals surface area contributed by atoms with Crippen molar-refractivity contribution in [1.29, 1.82) is 0 Å². The average molecular weight is 368 g/mol. The first-order valence-corrected chi connectivity index (χ1v) is 8.83. The van der Waals surface area contributed by atoms with E-state index >= 15 is 0 Å². The molecule has 0 spiro atoms. The first kappa shape index (κ1) is 17.3. The highest BCUT2D eigenvalue weighted by molar-refractivity contribution is 5.98. The lowest BCUT2D eigenvalue weighted by molar-refractivity contribution is 0.0517. The van der Waals surface area contributed by atoms with Crippen molar-refractivity contribution in [3.63, 3.8) is 0 Å². The maximum Gasteiger partial charge on any atom is 0.347 e. The molecule has 8 nitrogen and oxygen atoms in total. The van der Waals surface area contributed by atoms with Crippen LogP contribution in [0.5, 0.6) is 5.88 Å². The number of nitrogens with two attached hydrogens (primary N) is 1. The summed E-state index contributed by atoms with van der Waals surface area (Å²) in [4.78, 5) is 24.4. The second-order valence-corrected chi connectivity index (χ2v) is 6.18. The number of hydrogen-bond acceptors (Lipinski definition) is 7. The Kier molecular flexibility index (Phi) is 4.64. The molecule has 1 unspecified atom stereocenters. The quantitative estimate of drug-likeness (QED) is 0.666. The predicted octanol–water partition coefficient (Wildman–Crippen LogP) is 2.55. The van der Waals surface area contributed by atoms with Gasteiger partial charge >= 0.3 is 5.97 Å². The van der Waals surface area contributed by atoms with E-state index in [9.17, 15) is 4.79 Å². The summed E-state index contributed by atoms with van der Waals surface area (Å²) in [5, 5.41) is 0.955. The molecule has 0 bridgehead atoms. The van der Waals surface area contributed by atoms with Crippen molar-refractivity contribution in [2.45, 2.75) is 19.4 Å². The summed E-state index contributed by atoms with van der Waals surface area (Å²) in [7, 11) is 0. The van der Waals surface area contributed by atoms with Crippen LogP contribution in [-0.2, 0) is 9.47 Å². The standard InChI is InChI=1S/C19H20N4O4/c1-2-26-19(24)15-16(20)22-17(23-18(15)27-11-7-9-25-10-11)13-4-3-5-14-12(13)6-8-21-14/h3-6,8,11,21H,2,7,9-10H2,1H3,(H2,20,22,23). The maximum absolute atomic E-state index is 12.4. The van der Waals surface area contributed by atoms with Crippen LogP contribution in [0, 0.1) is 0 Å². The van der Waals surface area contributed by atoms with Gasteiger partial charge in [-0.15, -0.1) is 0 Å². The number of H-pyrrole nitrogens is 1. The van der Waals surface area contributed by atoms with Crippen LogP contribution < -0.4 is 10.5 Å². The fourth-order valence-electron chi connectivity index (χ4n) is 3.10. The molecule has 0 radical (unpaired) electrons. The van der Waals surface area contributed by atoms with Gasteiger partial charge in [0.1, 0.15) is 11.9 Å². The number of benzene rings is 1. The molecular formula is C19H20N4O4. The summed E-state index contributed by atoms with van der Waals surface area (Å²) in [6.45, 7) is 2.99. The summed E-state index contributed by atoms with van der Waals surface area (Å²) in [6.07, 6.45) is 2.37. The molecule has 2 aromatic heterocycles. The van der Waals surface area contributed by atoms with Gasteiger partial charge < -0.3 is 24.9 Å². The van der Waals surface area contributed by atoms with Crippen LogP contribution in [0.15, 0.2) is 30.5 Å². The highest BCUT2D eigenvalue weighted by Gasteiger charge is 2.27. The van der Waals surface area contributed by atoms with Crippen molar-refractivity contribution in [2.75, 3.05) is 25.6 Å². The fourth-order valence-corrected chi connectivity index (χ4v) is 3.10.